The molecular formula is C14H14ClNO2. The maximum absolute atomic E-state index is 10.7. The molecule has 1 aromatic carbocycles. The second-order valence-electron chi connectivity index (χ2n) is 4.21. The van der Waals surface area contributed by atoms with Gasteiger partial charge in [0.1, 0.15) is 0 Å². The summed E-state index contributed by atoms with van der Waals surface area (Å²) in [7, 11) is 0. The van der Waals surface area contributed by atoms with Crippen molar-refractivity contribution < 1.29 is 9.90 Å². The smallest absolute Gasteiger partial charge is 0.303 e. The van der Waals surface area contributed by atoms with E-state index in [4.69, 9.17) is 16.7 Å². The van der Waals surface area contributed by atoms with Crippen LogP contribution in [-0.2, 0) is 17.8 Å². The number of fused-ring (bicyclic) bond motifs is 1. The van der Waals surface area contributed by atoms with E-state index in [2.05, 4.69) is 6.58 Å². The van der Waals surface area contributed by atoms with Crippen LogP contribution < -0.4 is 0 Å². The van der Waals surface area contributed by atoms with E-state index in [0.717, 1.165) is 16.5 Å². The van der Waals surface area contributed by atoms with Crippen molar-refractivity contribution in [3.8, 4) is 0 Å². The highest BCUT2D eigenvalue weighted by Crippen LogP contribution is 2.23. The number of rotatable bonds is 5. The highest BCUT2D eigenvalue weighted by molar-refractivity contribution is 6.29. The Labute approximate surface area is 110 Å². The number of aromatic nitrogens is 1. The Hall–Kier alpha value is -1.74. The summed E-state index contributed by atoms with van der Waals surface area (Å²) in [6.45, 7) is 4.23. The van der Waals surface area contributed by atoms with Gasteiger partial charge in [-0.05, 0) is 18.1 Å². The molecule has 0 unspecified atom stereocenters. The molecule has 1 N–H and O–H groups in total. The molecule has 0 bridgehead atoms. The summed E-state index contributed by atoms with van der Waals surface area (Å²) in [5.41, 5.74) is 2.09. The highest BCUT2D eigenvalue weighted by Gasteiger charge is 2.09. The molecule has 0 spiro atoms. The van der Waals surface area contributed by atoms with Gasteiger partial charge in [-0.1, -0.05) is 36.4 Å². The Kier molecular flexibility index (Phi) is 3.72. The first kappa shape index (κ1) is 12.7. The number of hydrogen-bond acceptors (Lipinski definition) is 1. The maximum atomic E-state index is 10.7. The van der Waals surface area contributed by atoms with E-state index in [1.807, 2.05) is 35.0 Å². The van der Waals surface area contributed by atoms with Crippen LogP contribution in [0.1, 0.15) is 12.0 Å². The van der Waals surface area contributed by atoms with Gasteiger partial charge in [0.15, 0.2) is 0 Å². The van der Waals surface area contributed by atoms with Gasteiger partial charge in [-0.2, -0.15) is 0 Å². The molecule has 1 heterocycles. The average Bonchev–Trinajstić information content (AvgIpc) is 2.65. The molecule has 0 saturated heterocycles. The summed E-state index contributed by atoms with van der Waals surface area (Å²) in [5.74, 6) is -0.784. The lowest BCUT2D eigenvalue weighted by Gasteiger charge is -2.02. The van der Waals surface area contributed by atoms with E-state index in [-0.39, 0.29) is 6.42 Å². The summed E-state index contributed by atoms with van der Waals surface area (Å²) in [6.07, 6.45) is 2.62. The van der Waals surface area contributed by atoms with Gasteiger partial charge >= 0.3 is 5.97 Å². The van der Waals surface area contributed by atoms with Gasteiger partial charge in [0.2, 0.25) is 0 Å². The number of aryl methyl sites for hydroxylation is 1. The van der Waals surface area contributed by atoms with Gasteiger partial charge in [-0.25, -0.2) is 0 Å². The minimum Gasteiger partial charge on any atom is -0.481 e. The molecule has 94 valence electrons. The Bertz CT molecular complexity index is 601. The molecule has 0 fully saturated rings. The zero-order valence-electron chi connectivity index (χ0n) is 9.90. The minimum absolute atomic E-state index is 0.135. The average molecular weight is 264 g/mol. The number of para-hydroxylation sites is 1. The molecule has 3 nitrogen and oxygen atoms in total. The largest absolute Gasteiger partial charge is 0.481 e. The van der Waals surface area contributed by atoms with E-state index >= 15 is 0 Å². The van der Waals surface area contributed by atoms with Crippen LogP contribution in [0.25, 0.3) is 10.9 Å². The third kappa shape index (κ3) is 2.74. The molecule has 0 atom stereocenters. The predicted octanol–water partition coefficient (Wildman–Crippen LogP) is 3.41. The van der Waals surface area contributed by atoms with Crippen LogP contribution in [0, 0.1) is 0 Å². The lowest BCUT2D eigenvalue weighted by atomic mass is 10.1. The fourth-order valence-corrected chi connectivity index (χ4v) is 2.21. The van der Waals surface area contributed by atoms with Crippen LogP contribution in [0.4, 0.5) is 0 Å². The quantitative estimate of drug-likeness (QED) is 0.898. The first-order chi connectivity index (χ1) is 8.58. The van der Waals surface area contributed by atoms with Gasteiger partial charge < -0.3 is 9.67 Å². The fraction of sp³-hybridized carbons (Fsp3) is 0.214. The molecule has 0 amide bonds. The van der Waals surface area contributed by atoms with E-state index in [9.17, 15) is 4.79 Å². The van der Waals surface area contributed by atoms with Gasteiger partial charge in [-0.3, -0.25) is 4.79 Å². The molecule has 0 aliphatic heterocycles. The van der Waals surface area contributed by atoms with E-state index < -0.39 is 5.97 Å². The monoisotopic (exact) mass is 263 g/mol. The van der Waals surface area contributed by atoms with Crippen molar-refractivity contribution in [2.45, 2.75) is 19.4 Å². The van der Waals surface area contributed by atoms with Gasteiger partial charge in [0.05, 0.1) is 6.54 Å². The Morgan fingerprint density at radius 1 is 1.39 bits per heavy atom. The second-order valence-corrected chi connectivity index (χ2v) is 4.74. The molecule has 0 saturated carbocycles. The van der Waals surface area contributed by atoms with Crippen molar-refractivity contribution in [2.24, 2.45) is 0 Å². The number of carbonyl (C=O) groups is 1. The van der Waals surface area contributed by atoms with E-state index in [1.54, 1.807) is 0 Å². The third-order valence-corrected chi connectivity index (χ3v) is 2.94. The summed E-state index contributed by atoms with van der Waals surface area (Å²) < 4.78 is 2.00. The number of benzene rings is 1. The number of aliphatic carboxylic acids is 1. The van der Waals surface area contributed by atoms with Crippen LogP contribution in [0.5, 0.6) is 0 Å². The molecule has 0 aliphatic rings. The fourth-order valence-electron chi connectivity index (χ4n) is 2.08. The van der Waals surface area contributed by atoms with Crippen molar-refractivity contribution >= 4 is 28.5 Å². The first-order valence-corrected chi connectivity index (χ1v) is 6.07. The van der Waals surface area contributed by atoms with Crippen molar-refractivity contribution in [1.29, 1.82) is 0 Å². The van der Waals surface area contributed by atoms with Crippen molar-refractivity contribution in [1.82, 2.24) is 4.57 Å². The van der Waals surface area contributed by atoms with Crippen LogP contribution in [0.2, 0.25) is 0 Å². The van der Waals surface area contributed by atoms with Gasteiger partial charge in [0.25, 0.3) is 0 Å². The van der Waals surface area contributed by atoms with Gasteiger partial charge in [-0.15, -0.1) is 0 Å². The van der Waals surface area contributed by atoms with Crippen LogP contribution in [0.3, 0.4) is 0 Å². The summed E-state index contributed by atoms with van der Waals surface area (Å²) in [6, 6.07) is 7.91. The van der Waals surface area contributed by atoms with E-state index in [0.29, 0.717) is 18.0 Å². The number of allylic oxidation sites excluding steroid dienone is 1. The van der Waals surface area contributed by atoms with E-state index in [1.165, 1.54) is 0 Å². The SMILES string of the molecule is C=C(Cl)Cn1cc(CCC(=O)O)c2ccccc21. The molecule has 2 rings (SSSR count). The number of halogens is 1. The van der Waals surface area contributed by atoms with Crippen molar-refractivity contribution in [3.05, 3.63) is 47.6 Å². The molecule has 0 aliphatic carbocycles. The van der Waals surface area contributed by atoms with Crippen molar-refractivity contribution in [2.75, 3.05) is 0 Å². The van der Waals surface area contributed by atoms with Crippen molar-refractivity contribution in [3.63, 3.8) is 0 Å². The van der Waals surface area contributed by atoms with Crippen LogP contribution in [0.15, 0.2) is 42.1 Å². The zero-order valence-corrected chi connectivity index (χ0v) is 10.7. The second kappa shape index (κ2) is 5.27. The number of hydrogen-bond donors (Lipinski definition) is 1. The lowest BCUT2D eigenvalue weighted by molar-refractivity contribution is -0.136. The molecule has 18 heavy (non-hydrogen) atoms. The number of carboxylic acids is 1. The standard InChI is InChI=1S/C14H14ClNO2/c1-10(15)8-16-9-11(6-7-14(17)18)12-4-2-3-5-13(12)16/h2-5,9H,1,6-8H2,(H,17,18). The number of nitrogens with zero attached hydrogens (tertiary/aromatic N) is 1. The Balaban J connectivity index is 2.40. The normalized spacial score (nSPS) is 10.7. The molecule has 4 heteroatoms. The molecular weight excluding hydrogens is 250 g/mol. The molecule has 0 radical (unpaired) electrons. The van der Waals surface area contributed by atoms with Crippen LogP contribution in [-0.4, -0.2) is 15.6 Å². The lowest BCUT2D eigenvalue weighted by Crippen LogP contribution is -1.97. The summed E-state index contributed by atoms with van der Waals surface area (Å²) in [5, 5.41) is 10.4. The Morgan fingerprint density at radius 2 is 2.11 bits per heavy atom. The van der Waals surface area contributed by atoms with Crippen LogP contribution >= 0.6 is 11.6 Å². The Morgan fingerprint density at radius 3 is 2.78 bits per heavy atom. The van der Waals surface area contributed by atoms with Gasteiger partial charge in [0, 0.05) is 28.6 Å². The maximum Gasteiger partial charge on any atom is 0.303 e. The number of carboxylic acid groups (broad SMARTS) is 1. The summed E-state index contributed by atoms with van der Waals surface area (Å²) >= 11 is 5.84. The molecule has 1 aromatic heterocycles. The molecule has 2 aromatic rings. The first-order valence-electron chi connectivity index (χ1n) is 5.69. The predicted molar refractivity (Wildman–Crippen MR) is 72.9 cm³/mol. The zero-order chi connectivity index (χ0) is 13.1. The topological polar surface area (TPSA) is 42.2 Å². The third-order valence-electron chi connectivity index (χ3n) is 2.82. The minimum atomic E-state index is -0.784. The summed E-state index contributed by atoms with van der Waals surface area (Å²) in [4.78, 5) is 10.7. The highest BCUT2D eigenvalue weighted by atomic mass is 35.5.